The summed E-state index contributed by atoms with van der Waals surface area (Å²) in [5.74, 6) is 0. The topological polar surface area (TPSA) is 0 Å². The van der Waals surface area contributed by atoms with Crippen LogP contribution in [0.3, 0.4) is 0 Å². The number of hydrogen-bond donors (Lipinski definition) is 0. The average Bonchev–Trinajstić information content (AvgIpc) is 1.56. The minimum atomic E-state index is -0.758. The van der Waals surface area contributed by atoms with Gasteiger partial charge in [0, 0.05) is 0 Å². The van der Waals surface area contributed by atoms with Gasteiger partial charge >= 0.3 is 51.4 Å². The van der Waals surface area contributed by atoms with Gasteiger partial charge in [-0.15, -0.1) is 15.2 Å². The van der Waals surface area contributed by atoms with Crippen molar-refractivity contribution in [1.82, 2.24) is 0 Å². The molecule has 0 atom stereocenters. The number of rotatable bonds is 3. The van der Waals surface area contributed by atoms with Crippen molar-refractivity contribution >= 4 is 23.0 Å². The van der Waals surface area contributed by atoms with Crippen molar-refractivity contribution in [3.63, 3.8) is 0 Å². The Morgan fingerprint density at radius 3 is 1.08 bits per heavy atom. The molecular weight excluding hydrogens is 219 g/mol. The van der Waals surface area contributed by atoms with E-state index in [0.29, 0.717) is 0 Å². The smallest absolute Gasteiger partial charge is 0.255 e. The molecule has 0 radical (unpaired) electrons. The molecule has 0 nitrogen and oxygen atoms in total. The summed E-state index contributed by atoms with van der Waals surface area (Å²) in [5.41, 5.74) is 0. The largest absolute Gasteiger partial charge is 1.00 e. The zero-order valence-corrected chi connectivity index (χ0v) is 16.3. The second kappa shape index (κ2) is 6.00. The molecule has 0 aromatic heterocycles. The van der Waals surface area contributed by atoms with Gasteiger partial charge in [0.15, 0.2) is 0 Å². The van der Waals surface area contributed by atoms with E-state index in [1.54, 1.807) is 0 Å². The van der Waals surface area contributed by atoms with Crippen molar-refractivity contribution in [3.05, 3.63) is 0 Å². The molecule has 0 aliphatic carbocycles. The minimum Gasteiger partial charge on any atom is -0.255 e. The summed E-state index contributed by atoms with van der Waals surface area (Å²) in [6, 6.07) is 1.51. The first-order valence-electron chi connectivity index (χ1n) is 4.56. The fourth-order valence-electron chi connectivity index (χ4n) is 2.19. The summed E-state index contributed by atoms with van der Waals surface area (Å²) >= 11 is 0. The van der Waals surface area contributed by atoms with Gasteiger partial charge in [-0.1, -0.05) is 46.2 Å². The van der Waals surface area contributed by atoms with Crippen molar-refractivity contribution < 1.29 is 51.4 Å². The first kappa shape index (κ1) is 16.7. The van der Waals surface area contributed by atoms with E-state index in [2.05, 4.69) is 46.2 Å². The first-order valence-corrected chi connectivity index (χ1v) is 15.3. The van der Waals surface area contributed by atoms with Crippen LogP contribution < -0.4 is 51.4 Å². The van der Waals surface area contributed by atoms with Gasteiger partial charge in [-0.25, -0.2) is 0 Å². The maximum atomic E-state index is 2.56. The molecule has 4 heteroatoms. The summed E-state index contributed by atoms with van der Waals surface area (Å²) in [6.45, 7) is 17.8. The van der Waals surface area contributed by atoms with E-state index in [1.165, 1.54) is 6.04 Å². The monoisotopic (exact) mass is 242 g/mol. The van der Waals surface area contributed by atoms with E-state index >= 15 is 0 Å². The van der Waals surface area contributed by atoms with Crippen LogP contribution in [0.5, 0.6) is 0 Å². The van der Waals surface area contributed by atoms with Crippen molar-refractivity contribution in [2.75, 3.05) is 0 Å². The van der Waals surface area contributed by atoms with Crippen LogP contribution in [0.2, 0.25) is 45.3 Å². The normalized spacial score (nSPS) is 13.0. The Kier molecular flexibility index (Phi) is 8.35. The quantitative estimate of drug-likeness (QED) is 0.626. The third-order valence-corrected chi connectivity index (χ3v) is 33.0. The first-order chi connectivity index (χ1) is 4.69. The van der Waals surface area contributed by atoms with Gasteiger partial charge in [-0.05, 0) is 0 Å². The second-order valence-corrected chi connectivity index (χ2v) is 30.1. The molecule has 0 spiro atoms. The third kappa shape index (κ3) is 5.90. The molecule has 0 aliphatic heterocycles. The van der Waals surface area contributed by atoms with Crippen molar-refractivity contribution in [2.45, 2.75) is 52.2 Å². The predicted octanol–water partition coefficient (Wildman–Crippen LogP) is 0.338. The van der Waals surface area contributed by atoms with Gasteiger partial charge in [-0.2, -0.15) is 6.04 Å². The Bertz CT molecular complexity index is 109. The molecule has 0 heterocycles. The molecule has 0 N–H and O–H groups in total. The third-order valence-electron chi connectivity index (χ3n) is 2.16. The molecule has 0 amide bonds. The fourth-order valence-corrected chi connectivity index (χ4v) is 39.9. The Labute approximate surface area is 125 Å². The minimum absolute atomic E-state index is 0. The zero-order chi connectivity index (χ0) is 9.28. The molecule has 68 valence electrons. The predicted molar refractivity (Wildman–Crippen MR) is 62.9 cm³/mol. The van der Waals surface area contributed by atoms with Gasteiger partial charge in [0.1, 0.15) is 0 Å². The van der Waals surface area contributed by atoms with E-state index < -0.39 is 15.2 Å². The van der Waals surface area contributed by atoms with Crippen LogP contribution >= 0.6 is 0 Å². The zero-order valence-electron chi connectivity index (χ0n) is 10.2. The number of hydrogen-bond acceptors (Lipinski definition) is 0. The molecule has 12 heavy (non-hydrogen) atoms. The summed E-state index contributed by atoms with van der Waals surface area (Å²) < 4.78 is 0. The van der Waals surface area contributed by atoms with Crippen LogP contribution in [0.25, 0.3) is 0 Å². The van der Waals surface area contributed by atoms with Gasteiger partial charge < -0.3 is 0 Å². The van der Waals surface area contributed by atoms with E-state index in [1.807, 2.05) is 0 Å². The maximum Gasteiger partial charge on any atom is 1.00 e. The Morgan fingerprint density at radius 2 is 1.08 bits per heavy atom. The molecule has 0 aromatic rings. The van der Waals surface area contributed by atoms with E-state index in [-0.39, 0.29) is 59.2 Å². The van der Waals surface area contributed by atoms with Crippen LogP contribution in [0.1, 0.15) is 6.92 Å². The standard InChI is InChI=1S/C8H23Si3.K/c1-8-9(10(2,3)4)11(5,6)7;/h8H2,1-7H3;/q-1;+1. The maximum absolute atomic E-state index is 2.56. The summed E-state index contributed by atoms with van der Waals surface area (Å²) in [4.78, 5) is 0. The molecular formula is C8H23KSi3. The Morgan fingerprint density at radius 1 is 0.833 bits per heavy atom. The Balaban J connectivity index is 0. The molecule has 0 bridgehead atoms. The molecule has 0 aliphatic rings. The molecule has 0 fully saturated rings. The summed E-state index contributed by atoms with van der Waals surface area (Å²) in [6.07, 6.45) is 0. The fraction of sp³-hybridized carbons (Fsp3) is 1.00. The van der Waals surface area contributed by atoms with Crippen molar-refractivity contribution in [3.8, 4) is 0 Å². The molecule has 0 saturated heterocycles. The molecule has 0 aromatic carbocycles. The molecule has 0 saturated carbocycles. The average molecular weight is 243 g/mol. The van der Waals surface area contributed by atoms with Gasteiger partial charge in [-0.3, -0.25) is 7.83 Å². The van der Waals surface area contributed by atoms with Crippen LogP contribution in [0.15, 0.2) is 0 Å². The van der Waals surface area contributed by atoms with Gasteiger partial charge in [0.05, 0.1) is 0 Å². The molecule has 0 rings (SSSR count). The van der Waals surface area contributed by atoms with Crippen LogP contribution in [0.4, 0.5) is 0 Å². The summed E-state index contributed by atoms with van der Waals surface area (Å²) in [7, 11) is -1.45. The van der Waals surface area contributed by atoms with Crippen LogP contribution in [-0.4, -0.2) is 23.0 Å². The van der Waals surface area contributed by atoms with E-state index in [0.717, 1.165) is 0 Å². The van der Waals surface area contributed by atoms with Crippen LogP contribution in [-0.2, 0) is 0 Å². The second-order valence-electron chi connectivity index (χ2n) is 5.33. The Hall–Kier alpha value is 2.29. The molecule has 0 unspecified atom stereocenters. The van der Waals surface area contributed by atoms with Crippen molar-refractivity contribution in [1.29, 1.82) is 0 Å². The SMILES string of the molecule is CC[Si-]([Si](C)(C)C)[Si](C)(C)C.[K+]. The van der Waals surface area contributed by atoms with Gasteiger partial charge in [0.25, 0.3) is 0 Å². The van der Waals surface area contributed by atoms with Gasteiger partial charge in [0.2, 0.25) is 0 Å². The van der Waals surface area contributed by atoms with E-state index in [9.17, 15) is 0 Å². The van der Waals surface area contributed by atoms with Crippen LogP contribution in [0, 0.1) is 0 Å². The van der Waals surface area contributed by atoms with E-state index in [4.69, 9.17) is 0 Å². The van der Waals surface area contributed by atoms with Crippen molar-refractivity contribution in [2.24, 2.45) is 0 Å². The summed E-state index contributed by atoms with van der Waals surface area (Å²) in [5, 5.41) is 0.